The van der Waals surface area contributed by atoms with Gasteiger partial charge in [-0.3, -0.25) is 14.9 Å². The van der Waals surface area contributed by atoms with Crippen molar-refractivity contribution < 1.29 is 27.6 Å². The highest BCUT2D eigenvalue weighted by Gasteiger charge is 2.47. The first-order valence-electron chi connectivity index (χ1n) is 14.7. The molecule has 1 saturated carbocycles. The Kier molecular flexibility index (Phi) is 8.97. The lowest BCUT2D eigenvalue weighted by atomic mass is 9.84. The fraction of sp³-hybridized carbons (Fsp3) is 0.312. The number of nitrogens with zero attached hydrogens (tertiary/aromatic N) is 3. The van der Waals surface area contributed by atoms with Gasteiger partial charge >= 0.3 is 6.18 Å². The van der Waals surface area contributed by atoms with Crippen molar-refractivity contribution in [2.24, 2.45) is 0 Å². The lowest BCUT2D eigenvalue weighted by Gasteiger charge is -2.33. The Morgan fingerprint density at radius 1 is 1.07 bits per heavy atom. The number of halogens is 5. The van der Waals surface area contributed by atoms with Crippen LogP contribution in [0, 0.1) is 10.1 Å². The van der Waals surface area contributed by atoms with Gasteiger partial charge in [-0.15, -0.1) is 0 Å². The van der Waals surface area contributed by atoms with Gasteiger partial charge in [-0.2, -0.15) is 18.3 Å². The summed E-state index contributed by atoms with van der Waals surface area (Å²) < 4.78 is 50.2. The molecule has 1 aliphatic carbocycles. The molecule has 0 radical (unpaired) electrons. The Hall–Kier alpha value is -4.10. The zero-order chi connectivity index (χ0) is 32.6. The van der Waals surface area contributed by atoms with Crippen LogP contribution in [0.15, 0.2) is 71.2 Å². The van der Waals surface area contributed by atoms with Gasteiger partial charge in [0.2, 0.25) is 0 Å². The second-order valence-corrected chi connectivity index (χ2v) is 12.8. The second kappa shape index (κ2) is 13.0. The van der Waals surface area contributed by atoms with E-state index in [1.807, 2.05) is 6.07 Å². The van der Waals surface area contributed by atoms with Gasteiger partial charge in [-0.05, 0) is 60.2 Å². The van der Waals surface area contributed by atoms with Crippen molar-refractivity contribution in [3.63, 3.8) is 0 Å². The molecule has 0 unspecified atom stereocenters. The number of rotatable bonds is 7. The summed E-state index contributed by atoms with van der Waals surface area (Å²) in [5.41, 5.74) is 0.926. The third kappa shape index (κ3) is 7.00. The molecule has 2 heterocycles. The number of carbonyl (C=O) groups is 1. The summed E-state index contributed by atoms with van der Waals surface area (Å²) in [6.07, 6.45) is 0.274. The highest BCUT2D eigenvalue weighted by atomic mass is 79.9. The molecule has 3 aromatic carbocycles. The van der Waals surface area contributed by atoms with Crippen LogP contribution in [-0.2, 0) is 0 Å². The summed E-state index contributed by atoms with van der Waals surface area (Å²) in [4.78, 5) is 24.5. The van der Waals surface area contributed by atoms with Crippen molar-refractivity contribution in [2.75, 3.05) is 10.6 Å². The predicted octanol–water partition coefficient (Wildman–Crippen LogP) is 9.96. The molecule has 2 aliphatic rings. The number of nitrogens with one attached hydrogen (secondary N) is 2. The Bertz CT molecular complexity index is 1780. The Morgan fingerprint density at radius 3 is 2.50 bits per heavy atom. The number of hydrogen-bond donors (Lipinski definition) is 2. The summed E-state index contributed by atoms with van der Waals surface area (Å²) >= 11 is 9.63. The first-order chi connectivity index (χ1) is 21.9. The quantitative estimate of drug-likeness (QED) is 0.145. The maximum absolute atomic E-state index is 14.2. The summed E-state index contributed by atoms with van der Waals surface area (Å²) in [5.74, 6) is 0.00714. The van der Waals surface area contributed by atoms with Gasteiger partial charge in [0.05, 0.1) is 22.7 Å². The molecule has 9 nitrogen and oxygen atoms in total. The number of aromatic nitrogens is 2. The van der Waals surface area contributed by atoms with E-state index in [-0.39, 0.29) is 41.0 Å². The second-order valence-electron chi connectivity index (χ2n) is 11.4. The highest BCUT2D eigenvalue weighted by Crippen LogP contribution is 2.44. The van der Waals surface area contributed by atoms with Crippen molar-refractivity contribution in [3.05, 3.63) is 103 Å². The smallest absolute Gasteiger partial charge is 0.410 e. The molecule has 1 aromatic heterocycles. The zero-order valence-corrected chi connectivity index (χ0v) is 26.5. The summed E-state index contributed by atoms with van der Waals surface area (Å²) in [6, 6.07) is 14.5. The largest absolute Gasteiger partial charge is 0.457 e. The van der Waals surface area contributed by atoms with Crippen LogP contribution in [0.4, 0.5) is 30.4 Å². The van der Waals surface area contributed by atoms with Crippen molar-refractivity contribution in [3.8, 4) is 11.5 Å². The van der Waals surface area contributed by atoms with Crippen LogP contribution < -0.4 is 15.4 Å². The minimum atomic E-state index is -4.63. The maximum atomic E-state index is 14.2. The van der Waals surface area contributed by atoms with Crippen LogP contribution >= 0.6 is 27.5 Å². The van der Waals surface area contributed by atoms with Gasteiger partial charge in [0.1, 0.15) is 17.3 Å². The van der Waals surface area contributed by atoms with Crippen molar-refractivity contribution in [2.45, 2.75) is 62.7 Å². The van der Waals surface area contributed by atoms with E-state index in [1.165, 1.54) is 18.2 Å². The summed E-state index contributed by atoms with van der Waals surface area (Å²) in [5, 5.41) is 21.9. The van der Waals surface area contributed by atoms with E-state index in [1.54, 1.807) is 36.4 Å². The number of nitro groups is 1. The topological polar surface area (TPSA) is 111 Å². The third-order valence-corrected chi connectivity index (χ3v) is 9.06. The molecule has 46 heavy (non-hydrogen) atoms. The SMILES string of the molecule is O=C(Nc1cc(Oc2ccc(Cl)cc2C2CCCCC2)cc([N+](=O)[O-])c1)c1cc2n(n1)[C@@H](C(F)(F)F)C[C@@H](c1ccc(Br)cc1)N2. The maximum Gasteiger partial charge on any atom is 0.410 e. The van der Waals surface area contributed by atoms with E-state index in [4.69, 9.17) is 16.3 Å². The van der Waals surface area contributed by atoms with Gasteiger partial charge in [-0.1, -0.05) is 58.9 Å². The molecule has 4 aromatic rings. The summed E-state index contributed by atoms with van der Waals surface area (Å²) in [6.45, 7) is 0. The Morgan fingerprint density at radius 2 is 1.80 bits per heavy atom. The lowest BCUT2D eigenvalue weighted by molar-refractivity contribution is -0.384. The summed E-state index contributed by atoms with van der Waals surface area (Å²) in [7, 11) is 0. The fourth-order valence-corrected chi connectivity index (χ4v) is 6.53. The standard InChI is InChI=1S/C32H28BrClF3N5O4/c33-20-8-6-19(7-9-20)26-16-29(32(35,36)37)41-30(39-26)17-27(40-41)31(43)38-22-13-23(42(44)45)15-24(14-22)46-28-11-10-21(34)12-25(28)18-4-2-1-3-5-18/h6-15,17-18,26,29,39H,1-5,16H2,(H,38,43)/t26-,29+/m0/s1. The molecule has 0 bridgehead atoms. The third-order valence-electron chi connectivity index (χ3n) is 8.30. The molecule has 1 fully saturated rings. The number of ether oxygens (including phenoxy) is 1. The number of non-ortho nitro benzene ring substituents is 1. The van der Waals surface area contributed by atoms with Crippen molar-refractivity contribution >= 4 is 50.6 Å². The molecule has 240 valence electrons. The average Bonchev–Trinajstić information content (AvgIpc) is 3.46. The van der Waals surface area contributed by atoms with Crippen molar-refractivity contribution in [1.82, 2.24) is 9.78 Å². The molecular formula is C32H28BrClF3N5O4. The van der Waals surface area contributed by atoms with E-state index in [0.717, 1.165) is 52.9 Å². The highest BCUT2D eigenvalue weighted by molar-refractivity contribution is 9.10. The number of anilines is 2. The van der Waals surface area contributed by atoms with Crippen LogP contribution in [0.5, 0.6) is 11.5 Å². The molecule has 2 N–H and O–H groups in total. The van der Waals surface area contributed by atoms with Gasteiger partial charge in [0.25, 0.3) is 11.6 Å². The normalized spacial score (nSPS) is 18.4. The monoisotopic (exact) mass is 717 g/mol. The zero-order valence-electron chi connectivity index (χ0n) is 24.2. The number of carbonyl (C=O) groups excluding carboxylic acids is 1. The molecule has 14 heteroatoms. The van der Waals surface area contributed by atoms with Crippen LogP contribution in [0.25, 0.3) is 0 Å². The van der Waals surface area contributed by atoms with Gasteiger partial charge in [-0.25, -0.2) is 4.68 Å². The number of nitro benzene ring substituents is 1. The van der Waals surface area contributed by atoms with Crippen LogP contribution in [0.2, 0.25) is 5.02 Å². The van der Waals surface area contributed by atoms with E-state index >= 15 is 0 Å². The van der Waals surface area contributed by atoms with Crippen LogP contribution in [0.3, 0.4) is 0 Å². The Labute approximate surface area is 275 Å². The van der Waals surface area contributed by atoms with Crippen LogP contribution in [-0.4, -0.2) is 26.8 Å². The van der Waals surface area contributed by atoms with Gasteiger partial charge < -0.3 is 15.4 Å². The molecular weight excluding hydrogens is 691 g/mol. The van der Waals surface area contributed by atoms with Gasteiger partial charge in [0, 0.05) is 34.1 Å². The van der Waals surface area contributed by atoms with E-state index < -0.39 is 29.1 Å². The predicted molar refractivity (Wildman–Crippen MR) is 171 cm³/mol. The van der Waals surface area contributed by atoms with E-state index in [0.29, 0.717) is 16.3 Å². The Balaban J connectivity index is 1.27. The van der Waals surface area contributed by atoms with E-state index in [9.17, 15) is 28.1 Å². The number of fused-ring (bicyclic) bond motifs is 1. The van der Waals surface area contributed by atoms with E-state index in [2.05, 4.69) is 31.7 Å². The molecule has 2 atom stereocenters. The first kappa shape index (κ1) is 31.9. The number of benzene rings is 3. The lowest BCUT2D eigenvalue weighted by Crippen LogP contribution is -2.35. The number of alkyl halides is 3. The minimum absolute atomic E-state index is 0.0152. The first-order valence-corrected chi connectivity index (χ1v) is 15.9. The molecule has 0 spiro atoms. The number of hydrogen-bond acceptors (Lipinski definition) is 6. The minimum Gasteiger partial charge on any atom is -0.457 e. The number of amides is 1. The van der Waals surface area contributed by atoms with Gasteiger partial charge in [0.15, 0.2) is 11.7 Å². The van der Waals surface area contributed by atoms with Crippen molar-refractivity contribution in [1.29, 1.82) is 0 Å². The molecule has 6 rings (SSSR count). The fourth-order valence-electron chi connectivity index (χ4n) is 6.08. The van der Waals surface area contributed by atoms with Crippen LogP contribution in [0.1, 0.15) is 78.1 Å². The molecule has 1 amide bonds. The average molecular weight is 719 g/mol. The molecule has 0 saturated heterocycles. The molecule has 1 aliphatic heterocycles.